The number of anilines is 1. The Bertz CT molecular complexity index is 1370. The second kappa shape index (κ2) is 9.91. The molecule has 4 aromatic rings. The second-order valence-electron chi connectivity index (χ2n) is 8.87. The third-order valence-electron chi connectivity index (χ3n) is 6.39. The van der Waals surface area contributed by atoms with Crippen molar-refractivity contribution < 1.29 is 10.2 Å². The minimum Gasteiger partial charge on any atom is -0.394 e. The first-order valence-electron chi connectivity index (χ1n) is 11.7. The lowest BCUT2D eigenvalue weighted by molar-refractivity contribution is 0.0803. The molecule has 5 rings (SSSR count). The van der Waals surface area contributed by atoms with E-state index in [2.05, 4.69) is 38.9 Å². The zero-order valence-electron chi connectivity index (χ0n) is 19.6. The Morgan fingerprint density at radius 3 is 2.51 bits per heavy atom. The first kappa shape index (κ1) is 23.1. The molecule has 1 atom stereocenters. The maximum atomic E-state index is 13.3. The molecule has 0 bridgehead atoms. The van der Waals surface area contributed by atoms with Gasteiger partial charge in [0.25, 0.3) is 5.56 Å². The fourth-order valence-electron chi connectivity index (χ4n) is 4.34. The van der Waals surface area contributed by atoms with Gasteiger partial charge in [-0.15, -0.1) is 0 Å². The third kappa shape index (κ3) is 4.79. The average Bonchev–Trinajstić information content (AvgIpc) is 2.91. The summed E-state index contributed by atoms with van der Waals surface area (Å²) in [6, 6.07) is 13.7. The standard InChI is InChI=1S/C26H28N6O3/c1-30-9-11-31(12-10-30)20-6-4-18(5-7-20)23-13-22-25(24(29-23)19-3-2-8-27-14-19)28-17-32(26(22)35)15-21(34)16-33/h2-8,13-14,17,21,33-34H,9-12,15-16H2,1H3. The van der Waals surface area contributed by atoms with E-state index in [-0.39, 0.29) is 12.1 Å². The van der Waals surface area contributed by atoms with Gasteiger partial charge in [0.05, 0.1) is 42.4 Å². The number of piperazine rings is 1. The lowest BCUT2D eigenvalue weighted by atomic mass is 10.1. The van der Waals surface area contributed by atoms with Crippen molar-refractivity contribution in [3.8, 4) is 22.5 Å². The highest BCUT2D eigenvalue weighted by Crippen LogP contribution is 2.29. The van der Waals surface area contributed by atoms with Crippen LogP contribution in [0.15, 0.2) is 66.0 Å². The lowest BCUT2D eigenvalue weighted by Gasteiger charge is -2.34. The summed E-state index contributed by atoms with van der Waals surface area (Å²) in [4.78, 5) is 31.6. The number of benzene rings is 1. The zero-order chi connectivity index (χ0) is 24.4. The van der Waals surface area contributed by atoms with Crippen molar-refractivity contribution in [3.05, 3.63) is 71.5 Å². The summed E-state index contributed by atoms with van der Waals surface area (Å²) in [5.41, 5.74) is 4.20. The number of pyridine rings is 2. The van der Waals surface area contributed by atoms with Gasteiger partial charge in [-0.3, -0.25) is 14.3 Å². The molecule has 1 saturated heterocycles. The van der Waals surface area contributed by atoms with Crippen molar-refractivity contribution in [1.29, 1.82) is 0 Å². The van der Waals surface area contributed by atoms with Gasteiger partial charge in [-0.05, 0) is 37.4 Å². The molecule has 1 unspecified atom stereocenters. The summed E-state index contributed by atoms with van der Waals surface area (Å²) in [5, 5.41) is 19.5. The van der Waals surface area contributed by atoms with E-state index in [4.69, 9.17) is 4.98 Å². The maximum Gasteiger partial charge on any atom is 0.261 e. The van der Waals surface area contributed by atoms with Gasteiger partial charge in [0.2, 0.25) is 0 Å². The van der Waals surface area contributed by atoms with Crippen LogP contribution >= 0.6 is 0 Å². The van der Waals surface area contributed by atoms with E-state index < -0.39 is 12.7 Å². The molecular formula is C26H28N6O3. The number of hydrogen-bond acceptors (Lipinski definition) is 8. The van der Waals surface area contributed by atoms with Crippen LogP contribution in [-0.4, -0.2) is 80.6 Å². The van der Waals surface area contributed by atoms with Gasteiger partial charge in [0, 0.05) is 55.4 Å². The fourth-order valence-corrected chi connectivity index (χ4v) is 4.34. The van der Waals surface area contributed by atoms with Crippen LogP contribution in [0.1, 0.15) is 0 Å². The number of fused-ring (bicyclic) bond motifs is 1. The quantitative estimate of drug-likeness (QED) is 0.436. The Labute approximate surface area is 202 Å². The molecule has 9 nitrogen and oxygen atoms in total. The number of likely N-dealkylation sites (N-methyl/N-ethyl adjacent to an activating group) is 1. The molecule has 35 heavy (non-hydrogen) atoms. The molecule has 4 heterocycles. The van der Waals surface area contributed by atoms with Gasteiger partial charge < -0.3 is 20.0 Å². The SMILES string of the molecule is CN1CCN(c2ccc(-c3cc4c(=O)n(CC(O)CO)cnc4c(-c4cccnc4)n3)cc2)CC1. The van der Waals surface area contributed by atoms with Crippen molar-refractivity contribution in [3.63, 3.8) is 0 Å². The molecule has 0 radical (unpaired) electrons. The molecule has 1 fully saturated rings. The van der Waals surface area contributed by atoms with E-state index in [1.807, 2.05) is 24.3 Å². The van der Waals surface area contributed by atoms with Crippen LogP contribution in [0.2, 0.25) is 0 Å². The van der Waals surface area contributed by atoms with E-state index in [1.54, 1.807) is 18.5 Å². The van der Waals surface area contributed by atoms with Crippen LogP contribution in [0.25, 0.3) is 33.4 Å². The molecule has 9 heteroatoms. The number of aliphatic hydroxyl groups excluding tert-OH is 2. The number of aromatic nitrogens is 4. The van der Waals surface area contributed by atoms with Crippen molar-refractivity contribution in [2.75, 3.05) is 44.7 Å². The van der Waals surface area contributed by atoms with E-state index in [9.17, 15) is 15.0 Å². The largest absolute Gasteiger partial charge is 0.394 e. The second-order valence-corrected chi connectivity index (χ2v) is 8.87. The van der Waals surface area contributed by atoms with E-state index in [0.717, 1.165) is 43.0 Å². The number of hydrogen-bond donors (Lipinski definition) is 2. The van der Waals surface area contributed by atoms with Gasteiger partial charge in [0.1, 0.15) is 5.52 Å². The number of nitrogens with zero attached hydrogens (tertiary/aromatic N) is 6. The first-order chi connectivity index (χ1) is 17.0. The molecule has 0 spiro atoms. The van der Waals surface area contributed by atoms with E-state index in [1.165, 1.54) is 10.9 Å². The van der Waals surface area contributed by atoms with Crippen LogP contribution in [0.3, 0.4) is 0 Å². The highest BCUT2D eigenvalue weighted by atomic mass is 16.3. The van der Waals surface area contributed by atoms with Crippen molar-refractivity contribution in [1.82, 2.24) is 24.4 Å². The zero-order valence-corrected chi connectivity index (χ0v) is 19.6. The predicted octanol–water partition coefficient (Wildman–Crippen LogP) is 1.63. The van der Waals surface area contributed by atoms with Gasteiger partial charge in [-0.25, -0.2) is 9.97 Å². The van der Waals surface area contributed by atoms with Crippen molar-refractivity contribution in [2.45, 2.75) is 12.6 Å². The molecule has 2 N–H and O–H groups in total. The Morgan fingerprint density at radius 2 is 1.83 bits per heavy atom. The lowest BCUT2D eigenvalue weighted by Crippen LogP contribution is -2.44. The summed E-state index contributed by atoms with van der Waals surface area (Å²) in [5.74, 6) is 0. The summed E-state index contributed by atoms with van der Waals surface area (Å²) < 4.78 is 1.32. The predicted molar refractivity (Wildman–Crippen MR) is 135 cm³/mol. The van der Waals surface area contributed by atoms with Crippen LogP contribution < -0.4 is 10.5 Å². The van der Waals surface area contributed by atoms with E-state index in [0.29, 0.717) is 22.3 Å². The minimum absolute atomic E-state index is 0.0438. The summed E-state index contributed by atoms with van der Waals surface area (Å²) in [7, 11) is 2.14. The molecule has 180 valence electrons. The molecule has 1 aromatic carbocycles. The normalized spacial score (nSPS) is 15.5. The molecule has 1 aliphatic rings. The average molecular weight is 473 g/mol. The highest BCUT2D eigenvalue weighted by Gasteiger charge is 2.17. The summed E-state index contributed by atoms with van der Waals surface area (Å²) >= 11 is 0. The molecule has 0 amide bonds. The van der Waals surface area contributed by atoms with Crippen LogP contribution in [-0.2, 0) is 6.54 Å². The third-order valence-corrected chi connectivity index (χ3v) is 6.39. The smallest absolute Gasteiger partial charge is 0.261 e. The Hall–Kier alpha value is -3.66. The van der Waals surface area contributed by atoms with Crippen LogP contribution in [0, 0.1) is 0 Å². The maximum absolute atomic E-state index is 13.3. The number of rotatable bonds is 6. The monoisotopic (exact) mass is 472 g/mol. The molecule has 1 aliphatic heterocycles. The molecule has 0 aliphatic carbocycles. The Kier molecular flexibility index (Phi) is 6.54. The first-order valence-corrected chi connectivity index (χ1v) is 11.7. The Morgan fingerprint density at radius 1 is 1.06 bits per heavy atom. The van der Waals surface area contributed by atoms with Gasteiger partial charge in [-0.2, -0.15) is 0 Å². The van der Waals surface area contributed by atoms with Gasteiger partial charge in [0.15, 0.2) is 0 Å². The van der Waals surface area contributed by atoms with Crippen LogP contribution in [0.4, 0.5) is 5.69 Å². The molecule has 3 aromatic heterocycles. The summed E-state index contributed by atoms with van der Waals surface area (Å²) in [6.07, 6.45) is 3.72. The van der Waals surface area contributed by atoms with Crippen molar-refractivity contribution >= 4 is 16.6 Å². The minimum atomic E-state index is -1.05. The summed E-state index contributed by atoms with van der Waals surface area (Å²) in [6.45, 7) is 3.56. The Balaban J connectivity index is 1.59. The fraction of sp³-hybridized carbons (Fsp3) is 0.308. The van der Waals surface area contributed by atoms with Gasteiger partial charge in [-0.1, -0.05) is 12.1 Å². The van der Waals surface area contributed by atoms with Crippen LogP contribution in [0.5, 0.6) is 0 Å². The van der Waals surface area contributed by atoms with Crippen molar-refractivity contribution in [2.24, 2.45) is 0 Å². The topological polar surface area (TPSA) is 108 Å². The number of aliphatic hydroxyl groups is 2. The van der Waals surface area contributed by atoms with E-state index >= 15 is 0 Å². The van der Waals surface area contributed by atoms with Gasteiger partial charge >= 0.3 is 0 Å². The molecule has 0 saturated carbocycles. The highest BCUT2D eigenvalue weighted by molar-refractivity contribution is 5.93. The molecular weight excluding hydrogens is 444 g/mol.